The minimum Gasteiger partial charge on any atom is -0.460 e. The Kier molecular flexibility index (Phi) is 11.9. The molecule has 322 valence electrons. The smallest absolute Gasteiger partial charge is 0.408 e. The van der Waals surface area contributed by atoms with Gasteiger partial charge in [0.25, 0.3) is 0 Å². The van der Waals surface area contributed by atoms with Crippen molar-refractivity contribution in [2.24, 2.45) is 28.6 Å². The Morgan fingerprint density at radius 1 is 0.932 bits per heavy atom. The van der Waals surface area contributed by atoms with Gasteiger partial charge in [-0.15, -0.1) is 0 Å². The minimum atomic E-state index is -2.31. The van der Waals surface area contributed by atoms with Gasteiger partial charge in [-0.2, -0.15) is 0 Å². The third-order valence-corrected chi connectivity index (χ3v) is 13.4. The third kappa shape index (κ3) is 7.76. The van der Waals surface area contributed by atoms with E-state index in [0.29, 0.717) is 5.56 Å². The standard InChI is InChI=1S/C44H57NO14/c1-23-19-27-32(48)35(50)42(8)29(47)20-30-43(22-55-30,58-24(2)46)34(42)36(57-37(51)26-17-13-10-14-18-26)44(54,41(27,6)7)21-28(23)56-38(52)33(49)31(25-15-11-9-12-16-25)45-39(53)59-40(3,4)5/h9-18,23,27-34,36,47-49,54H,19-22H2,1-8H3,(H,45,53)/t23?,27?,28-,29-,30+,31-,32+,33+,34-,36-,42+,43-,44+/m0/s1. The lowest BCUT2D eigenvalue weighted by molar-refractivity contribution is -0.349. The van der Waals surface area contributed by atoms with Crippen LogP contribution in [0.25, 0.3) is 0 Å². The van der Waals surface area contributed by atoms with Crippen LogP contribution >= 0.6 is 0 Å². The molecule has 4 fully saturated rings. The number of hydrogen-bond acceptors (Lipinski definition) is 14. The quantitative estimate of drug-likeness (QED) is 0.190. The topological polar surface area (TPSA) is 224 Å². The van der Waals surface area contributed by atoms with Gasteiger partial charge in [0.1, 0.15) is 35.6 Å². The summed E-state index contributed by atoms with van der Waals surface area (Å²) in [5, 5.41) is 52.0. The Morgan fingerprint density at radius 3 is 2.10 bits per heavy atom. The van der Waals surface area contributed by atoms with Crippen LogP contribution in [0.1, 0.15) is 96.6 Å². The number of amides is 1. The lowest BCUT2D eigenvalue weighted by Crippen LogP contribution is -2.81. The van der Waals surface area contributed by atoms with E-state index in [2.05, 4.69) is 5.32 Å². The highest BCUT2D eigenvalue weighted by Crippen LogP contribution is 2.64. The predicted molar refractivity (Wildman–Crippen MR) is 208 cm³/mol. The first-order valence-corrected chi connectivity index (χ1v) is 20.1. The Hall–Kier alpha value is -4.41. The molecule has 13 atom stereocenters. The van der Waals surface area contributed by atoms with Gasteiger partial charge in [0.05, 0.1) is 35.6 Å². The number of ether oxygens (including phenoxy) is 5. The molecule has 0 radical (unpaired) electrons. The zero-order chi connectivity index (χ0) is 43.5. The van der Waals surface area contributed by atoms with Crippen LogP contribution in [0, 0.1) is 28.6 Å². The molecule has 6 rings (SSSR count). The van der Waals surface area contributed by atoms with Crippen molar-refractivity contribution >= 4 is 29.8 Å². The highest BCUT2D eigenvalue weighted by atomic mass is 16.6. The number of aliphatic hydroxyl groups excluding tert-OH is 3. The van der Waals surface area contributed by atoms with Gasteiger partial charge in [0, 0.05) is 31.1 Å². The van der Waals surface area contributed by atoms with Crippen LogP contribution < -0.4 is 5.32 Å². The van der Waals surface area contributed by atoms with Crippen molar-refractivity contribution in [3.05, 3.63) is 71.8 Å². The zero-order valence-corrected chi connectivity index (χ0v) is 34.7. The Labute approximate surface area is 343 Å². The second kappa shape index (κ2) is 15.9. The van der Waals surface area contributed by atoms with Gasteiger partial charge in [0.2, 0.25) is 0 Å². The maximum absolute atomic E-state index is 14.9. The molecule has 1 heterocycles. The van der Waals surface area contributed by atoms with Crippen LogP contribution in [0.5, 0.6) is 0 Å². The predicted octanol–water partition coefficient (Wildman–Crippen LogP) is 3.59. The van der Waals surface area contributed by atoms with E-state index < -0.39 is 124 Å². The van der Waals surface area contributed by atoms with Crippen LogP contribution in [-0.2, 0) is 38.1 Å². The first-order valence-electron chi connectivity index (χ1n) is 20.1. The number of alkyl carbamates (subject to hydrolysis) is 1. The van der Waals surface area contributed by atoms with E-state index in [1.807, 2.05) is 0 Å². The van der Waals surface area contributed by atoms with Crippen LogP contribution in [0.3, 0.4) is 0 Å². The number of carbonyl (C=O) groups is 5. The number of esters is 3. The molecule has 2 aromatic rings. The van der Waals surface area contributed by atoms with Gasteiger partial charge in [-0.1, -0.05) is 69.3 Å². The first kappa shape index (κ1) is 44.2. The number of ketones is 1. The molecule has 0 spiro atoms. The Morgan fingerprint density at radius 2 is 1.54 bits per heavy atom. The molecule has 59 heavy (non-hydrogen) atoms. The molecule has 2 bridgehead atoms. The molecule has 1 aliphatic heterocycles. The van der Waals surface area contributed by atoms with Crippen LogP contribution in [0.15, 0.2) is 60.7 Å². The van der Waals surface area contributed by atoms with E-state index >= 15 is 0 Å². The van der Waals surface area contributed by atoms with Crippen LogP contribution in [0.4, 0.5) is 4.79 Å². The lowest BCUT2D eigenvalue weighted by atomic mass is 9.45. The van der Waals surface area contributed by atoms with E-state index in [1.54, 1.807) is 90.1 Å². The fourth-order valence-corrected chi connectivity index (χ4v) is 10.00. The molecule has 3 saturated carbocycles. The molecular formula is C44H57NO14. The fourth-order valence-electron chi connectivity index (χ4n) is 10.00. The van der Waals surface area contributed by atoms with E-state index in [1.165, 1.54) is 26.0 Å². The zero-order valence-electron chi connectivity index (χ0n) is 34.7. The monoisotopic (exact) mass is 823 g/mol. The third-order valence-electron chi connectivity index (χ3n) is 13.4. The molecule has 1 saturated heterocycles. The van der Waals surface area contributed by atoms with Crippen molar-refractivity contribution < 1.29 is 68.1 Å². The summed E-state index contributed by atoms with van der Waals surface area (Å²) in [6.45, 7) is 12.2. The summed E-state index contributed by atoms with van der Waals surface area (Å²) >= 11 is 0. The summed E-state index contributed by atoms with van der Waals surface area (Å²) in [5.41, 5.74) is -7.98. The molecule has 5 N–H and O–H groups in total. The molecule has 2 aromatic carbocycles. The summed E-state index contributed by atoms with van der Waals surface area (Å²) < 4.78 is 29.8. The van der Waals surface area contributed by atoms with Gasteiger partial charge < -0.3 is 49.4 Å². The van der Waals surface area contributed by atoms with Gasteiger partial charge in [-0.3, -0.25) is 9.59 Å². The summed E-state index contributed by atoms with van der Waals surface area (Å²) in [4.78, 5) is 69.2. The van der Waals surface area contributed by atoms with Crippen LogP contribution in [-0.4, -0.2) is 110 Å². The van der Waals surface area contributed by atoms with Crippen molar-refractivity contribution in [1.82, 2.24) is 5.32 Å². The normalized spacial score (nSPS) is 36.0. The summed E-state index contributed by atoms with van der Waals surface area (Å²) in [5.74, 6) is -6.91. The summed E-state index contributed by atoms with van der Waals surface area (Å²) in [6, 6.07) is 14.8. The number of benzene rings is 2. The van der Waals surface area contributed by atoms with Gasteiger partial charge >= 0.3 is 24.0 Å². The maximum Gasteiger partial charge on any atom is 0.408 e. The molecule has 15 heteroatoms. The van der Waals surface area contributed by atoms with Gasteiger partial charge in [0.15, 0.2) is 17.5 Å². The minimum absolute atomic E-state index is 0.00838. The number of Topliss-reactive ketones (excluding diaryl/α,β-unsaturated/α-hetero) is 1. The molecule has 3 aliphatic carbocycles. The molecule has 4 aliphatic rings. The molecule has 0 aromatic heterocycles. The van der Waals surface area contributed by atoms with E-state index in [0.717, 1.165) is 0 Å². The lowest BCUT2D eigenvalue weighted by Gasteiger charge is -2.66. The average Bonchev–Trinajstić information content (AvgIpc) is 3.24. The molecular weight excluding hydrogens is 766 g/mol. The second-order valence-electron chi connectivity index (χ2n) is 18.5. The van der Waals surface area contributed by atoms with Crippen molar-refractivity contribution in [1.29, 1.82) is 0 Å². The van der Waals surface area contributed by atoms with Crippen LogP contribution in [0.2, 0.25) is 0 Å². The molecule has 1 amide bonds. The maximum atomic E-state index is 14.9. The Bertz CT molecular complexity index is 1920. The van der Waals surface area contributed by atoms with E-state index in [4.69, 9.17) is 23.7 Å². The first-order chi connectivity index (χ1) is 27.5. The highest BCUT2D eigenvalue weighted by molar-refractivity contribution is 5.92. The fraction of sp³-hybridized carbons (Fsp3) is 0.614. The van der Waals surface area contributed by atoms with Crippen molar-refractivity contribution in [3.8, 4) is 0 Å². The van der Waals surface area contributed by atoms with Crippen molar-refractivity contribution in [2.45, 2.75) is 134 Å². The van der Waals surface area contributed by atoms with Gasteiger partial charge in [-0.05, 0) is 57.7 Å². The number of hydrogen-bond donors (Lipinski definition) is 5. The average molecular weight is 824 g/mol. The number of fused-ring (bicyclic) bond motifs is 5. The Balaban J connectivity index is 1.47. The van der Waals surface area contributed by atoms with Crippen molar-refractivity contribution in [2.75, 3.05) is 6.61 Å². The SMILES string of the molecule is CC(=O)O[C@@]12CO[C@@H]1C[C@H](O)[C@@]1(C)C(=O)[C@H](O)C3CC(C)[C@@H](OC(=O)[C@H](O)[C@@H](NC(=O)OC(C)(C)C)c4ccccc4)C[C@@](O)([C@@H](OC(=O)c4ccccc4)[C@H]21)C3(C)C. The molecule has 2 unspecified atom stereocenters. The summed E-state index contributed by atoms with van der Waals surface area (Å²) in [7, 11) is 0. The largest absolute Gasteiger partial charge is 0.460 e. The number of carbonyl (C=O) groups excluding carboxylic acids is 5. The summed E-state index contributed by atoms with van der Waals surface area (Å²) in [6.07, 6.45) is -10.9. The van der Waals surface area contributed by atoms with Crippen molar-refractivity contribution in [3.63, 3.8) is 0 Å². The van der Waals surface area contributed by atoms with Gasteiger partial charge in [-0.25, -0.2) is 14.4 Å². The highest BCUT2D eigenvalue weighted by Gasteiger charge is 2.78. The number of nitrogens with one attached hydrogen (secondary N) is 1. The number of aliphatic hydroxyl groups is 4. The molecule has 15 nitrogen and oxygen atoms in total. The van der Waals surface area contributed by atoms with E-state index in [9.17, 15) is 44.4 Å². The second-order valence-corrected chi connectivity index (χ2v) is 18.5. The van der Waals surface area contributed by atoms with E-state index in [-0.39, 0.29) is 25.0 Å². The number of rotatable bonds is 8.